The molecule has 0 amide bonds. The normalized spacial score (nSPS) is 10.8. The van der Waals surface area contributed by atoms with E-state index in [1.165, 1.54) is 6.07 Å². The summed E-state index contributed by atoms with van der Waals surface area (Å²) < 4.78 is 27.9. The number of hydrogen-bond acceptors (Lipinski definition) is 4. The molecule has 0 aliphatic heterocycles. The number of H-pyrrole nitrogens is 1. The Morgan fingerprint density at radius 1 is 1.35 bits per heavy atom. The summed E-state index contributed by atoms with van der Waals surface area (Å²) in [6.07, 6.45) is 2.86. The van der Waals surface area contributed by atoms with Gasteiger partial charge in [-0.2, -0.15) is 19.0 Å². The third-order valence-corrected chi connectivity index (χ3v) is 2.10. The average molecular weight is 240 g/mol. The Morgan fingerprint density at radius 3 is 2.94 bits per heavy atom. The minimum atomic E-state index is -2.86. The molecule has 0 unspecified atom stereocenters. The molecule has 2 heterocycles. The first-order chi connectivity index (χ1) is 8.24. The highest BCUT2D eigenvalue weighted by Gasteiger charge is 2.08. The Bertz CT molecular complexity index is 460. The van der Waals surface area contributed by atoms with Crippen LogP contribution in [0.1, 0.15) is 11.4 Å². The molecule has 5 nitrogen and oxygen atoms in total. The van der Waals surface area contributed by atoms with Crippen molar-refractivity contribution in [3.05, 3.63) is 35.8 Å². The number of alkyl halides is 2. The van der Waals surface area contributed by atoms with Crippen LogP contribution in [-0.4, -0.2) is 27.0 Å². The SMILES string of the molecule is FC(F)Oc1cc(CCc2cccnn2)[nH]n1. The minimum Gasteiger partial charge on any atom is -0.415 e. The molecule has 1 N–H and O–H groups in total. The van der Waals surface area contributed by atoms with Crippen molar-refractivity contribution < 1.29 is 13.5 Å². The summed E-state index contributed by atoms with van der Waals surface area (Å²) in [6.45, 7) is -2.86. The topological polar surface area (TPSA) is 63.7 Å². The quantitative estimate of drug-likeness (QED) is 0.861. The molecular formula is C10H10F2N4O. The molecule has 2 rings (SSSR count). The van der Waals surface area contributed by atoms with E-state index < -0.39 is 6.61 Å². The molecule has 17 heavy (non-hydrogen) atoms. The molecule has 0 fully saturated rings. The van der Waals surface area contributed by atoms with Gasteiger partial charge in [-0.15, -0.1) is 5.10 Å². The number of aromatic amines is 1. The predicted molar refractivity (Wildman–Crippen MR) is 54.7 cm³/mol. The molecule has 7 heteroatoms. The maximum Gasteiger partial charge on any atom is 0.388 e. The van der Waals surface area contributed by atoms with Gasteiger partial charge < -0.3 is 4.74 Å². The van der Waals surface area contributed by atoms with Crippen LogP contribution in [0.4, 0.5) is 8.78 Å². The lowest BCUT2D eigenvalue weighted by atomic mass is 10.2. The molecule has 0 radical (unpaired) electrons. The van der Waals surface area contributed by atoms with Crippen molar-refractivity contribution in [3.8, 4) is 5.88 Å². The third kappa shape index (κ3) is 3.47. The Hall–Kier alpha value is -2.05. The van der Waals surface area contributed by atoms with E-state index >= 15 is 0 Å². The largest absolute Gasteiger partial charge is 0.415 e. The van der Waals surface area contributed by atoms with Crippen LogP contribution in [-0.2, 0) is 12.8 Å². The number of ether oxygens (including phenoxy) is 1. The van der Waals surface area contributed by atoms with Crippen LogP contribution in [0.15, 0.2) is 24.4 Å². The van der Waals surface area contributed by atoms with Gasteiger partial charge in [0.05, 0.1) is 5.69 Å². The van der Waals surface area contributed by atoms with Crippen molar-refractivity contribution >= 4 is 0 Å². The van der Waals surface area contributed by atoms with Crippen molar-refractivity contribution in [2.75, 3.05) is 0 Å². The molecule has 0 aliphatic carbocycles. The van der Waals surface area contributed by atoms with Gasteiger partial charge in [0.15, 0.2) is 0 Å². The summed E-state index contributed by atoms with van der Waals surface area (Å²) in [5.41, 5.74) is 1.55. The molecular weight excluding hydrogens is 230 g/mol. The van der Waals surface area contributed by atoms with E-state index in [0.29, 0.717) is 18.5 Å². The average Bonchev–Trinajstić information content (AvgIpc) is 2.75. The summed E-state index contributed by atoms with van der Waals surface area (Å²) in [7, 11) is 0. The van der Waals surface area contributed by atoms with Crippen molar-refractivity contribution in [2.24, 2.45) is 0 Å². The Morgan fingerprint density at radius 2 is 2.24 bits per heavy atom. The minimum absolute atomic E-state index is 0.103. The lowest BCUT2D eigenvalue weighted by molar-refractivity contribution is -0.0528. The maximum atomic E-state index is 11.9. The van der Waals surface area contributed by atoms with E-state index in [9.17, 15) is 8.78 Å². The fourth-order valence-corrected chi connectivity index (χ4v) is 1.35. The van der Waals surface area contributed by atoms with Gasteiger partial charge >= 0.3 is 6.61 Å². The second-order valence-electron chi connectivity index (χ2n) is 3.32. The monoisotopic (exact) mass is 240 g/mol. The lowest BCUT2D eigenvalue weighted by Crippen LogP contribution is -2.01. The van der Waals surface area contributed by atoms with Crippen LogP contribution in [0, 0.1) is 0 Å². The van der Waals surface area contributed by atoms with E-state index in [1.807, 2.05) is 6.07 Å². The first kappa shape index (κ1) is 11.4. The Labute approximate surface area is 95.8 Å². The summed E-state index contributed by atoms with van der Waals surface area (Å²) >= 11 is 0. The van der Waals surface area contributed by atoms with Crippen molar-refractivity contribution in [1.82, 2.24) is 20.4 Å². The number of rotatable bonds is 5. The number of nitrogens with one attached hydrogen (secondary N) is 1. The van der Waals surface area contributed by atoms with Gasteiger partial charge in [0.25, 0.3) is 0 Å². The zero-order valence-electron chi connectivity index (χ0n) is 8.81. The number of aromatic nitrogens is 4. The van der Waals surface area contributed by atoms with E-state index in [1.54, 1.807) is 12.3 Å². The van der Waals surface area contributed by atoms with Crippen molar-refractivity contribution in [2.45, 2.75) is 19.5 Å². The van der Waals surface area contributed by atoms with Gasteiger partial charge in [-0.25, -0.2) is 0 Å². The number of halogens is 2. The highest BCUT2D eigenvalue weighted by atomic mass is 19.3. The lowest BCUT2D eigenvalue weighted by Gasteiger charge is -1.97. The summed E-state index contributed by atoms with van der Waals surface area (Å²) in [6, 6.07) is 5.09. The number of hydrogen-bond donors (Lipinski definition) is 1. The molecule has 90 valence electrons. The van der Waals surface area contributed by atoms with Crippen molar-refractivity contribution in [3.63, 3.8) is 0 Å². The van der Waals surface area contributed by atoms with Crippen LogP contribution in [0.5, 0.6) is 5.88 Å². The molecule has 2 aromatic heterocycles. The number of nitrogens with zero attached hydrogens (tertiary/aromatic N) is 3. The molecule has 0 saturated carbocycles. The molecule has 0 aromatic carbocycles. The Balaban J connectivity index is 1.89. The first-order valence-electron chi connectivity index (χ1n) is 5.00. The van der Waals surface area contributed by atoms with Gasteiger partial charge in [0.2, 0.25) is 5.88 Å². The van der Waals surface area contributed by atoms with Crippen LogP contribution < -0.4 is 4.74 Å². The molecule has 0 bridgehead atoms. The van der Waals surface area contributed by atoms with E-state index in [2.05, 4.69) is 25.1 Å². The molecule has 0 aliphatic rings. The van der Waals surface area contributed by atoms with E-state index in [-0.39, 0.29) is 5.88 Å². The molecule has 0 atom stereocenters. The van der Waals surface area contributed by atoms with Gasteiger partial charge in [0, 0.05) is 18.0 Å². The van der Waals surface area contributed by atoms with E-state index in [4.69, 9.17) is 0 Å². The van der Waals surface area contributed by atoms with Crippen LogP contribution >= 0.6 is 0 Å². The molecule has 0 saturated heterocycles. The fraction of sp³-hybridized carbons (Fsp3) is 0.300. The predicted octanol–water partition coefficient (Wildman–Crippen LogP) is 1.59. The second-order valence-corrected chi connectivity index (χ2v) is 3.32. The van der Waals surface area contributed by atoms with Gasteiger partial charge in [0.1, 0.15) is 0 Å². The highest BCUT2D eigenvalue weighted by molar-refractivity contribution is 5.15. The molecule has 2 aromatic rings. The smallest absolute Gasteiger partial charge is 0.388 e. The highest BCUT2D eigenvalue weighted by Crippen LogP contribution is 2.12. The van der Waals surface area contributed by atoms with Crippen molar-refractivity contribution in [1.29, 1.82) is 0 Å². The summed E-state index contributed by atoms with van der Waals surface area (Å²) in [5.74, 6) is -0.103. The van der Waals surface area contributed by atoms with Gasteiger partial charge in [-0.1, -0.05) is 0 Å². The van der Waals surface area contributed by atoms with Gasteiger partial charge in [-0.3, -0.25) is 5.10 Å². The summed E-state index contributed by atoms with van der Waals surface area (Å²) in [5, 5.41) is 13.9. The van der Waals surface area contributed by atoms with Crippen LogP contribution in [0.25, 0.3) is 0 Å². The van der Waals surface area contributed by atoms with Gasteiger partial charge in [-0.05, 0) is 25.0 Å². The van der Waals surface area contributed by atoms with E-state index in [0.717, 1.165) is 5.69 Å². The van der Waals surface area contributed by atoms with Crippen LogP contribution in [0.3, 0.4) is 0 Å². The first-order valence-corrected chi connectivity index (χ1v) is 5.00. The molecule has 0 spiro atoms. The fourth-order valence-electron chi connectivity index (χ4n) is 1.35. The standard InChI is InChI=1S/C10H10F2N4O/c11-10(12)17-9-6-8(15-16-9)4-3-7-2-1-5-13-14-7/h1-2,5-6,10H,3-4H2,(H,15,16). The third-order valence-electron chi connectivity index (χ3n) is 2.10. The second kappa shape index (κ2) is 5.33. The van der Waals surface area contributed by atoms with Crippen LogP contribution in [0.2, 0.25) is 0 Å². The summed E-state index contributed by atoms with van der Waals surface area (Å²) in [4.78, 5) is 0. The zero-order valence-corrected chi connectivity index (χ0v) is 8.81. The number of aryl methyl sites for hydroxylation is 2. The Kier molecular flexibility index (Phi) is 3.59. The maximum absolute atomic E-state index is 11.9. The zero-order chi connectivity index (χ0) is 12.1.